The van der Waals surface area contributed by atoms with E-state index >= 15 is 0 Å². The Balaban J connectivity index is 0.00000103. The van der Waals surface area contributed by atoms with Crippen LogP contribution in [0.2, 0.25) is 17.4 Å². The minimum Gasteiger partial charge on any atom is -0.473 e. The third-order valence-corrected chi connectivity index (χ3v) is 3.49. The lowest BCUT2D eigenvalue weighted by atomic mass is 10.1. The Hall–Kier alpha value is -2.05. The van der Waals surface area contributed by atoms with E-state index in [-0.39, 0.29) is 50.7 Å². The van der Waals surface area contributed by atoms with Crippen molar-refractivity contribution in [3.05, 3.63) is 40.9 Å². The average Bonchev–Trinajstić information content (AvgIpc) is 2.97. The van der Waals surface area contributed by atoms with Gasteiger partial charge in [-0.05, 0) is 26.8 Å². The monoisotopic (exact) mass is 443 g/mol. The number of carbonyl (C=O) groups excluding carboxylic acids is 1. The smallest absolute Gasteiger partial charge is 0.389 e. The van der Waals surface area contributed by atoms with Gasteiger partial charge >= 0.3 is 6.18 Å². The lowest BCUT2D eigenvalue weighted by molar-refractivity contribution is -0.134. The van der Waals surface area contributed by atoms with Gasteiger partial charge in [-0.25, -0.2) is 4.98 Å². The number of halogens is 3. The van der Waals surface area contributed by atoms with Crippen molar-refractivity contribution in [3.63, 3.8) is 0 Å². The Labute approximate surface area is 179 Å². The summed E-state index contributed by atoms with van der Waals surface area (Å²) in [5, 5.41) is 6.41. The molecule has 30 heavy (non-hydrogen) atoms. The molecule has 0 aliphatic carbocycles. The molecule has 2 rings (SSSR count). The number of pyridine rings is 1. The van der Waals surface area contributed by atoms with Crippen LogP contribution in [0.15, 0.2) is 22.9 Å². The maximum Gasteiger partial charge on any atom is 0.389 e. The summed E-state index contributed by atoms with van der Waals surface area (Å²) in [6.45, 7) is 5.28. The highest BCUT2D eigenvalue weighted by atomic mass is 27.2. The molecule has 10 heteroatoms. The first-order valence-corrected chi connectivity index (χ1v) is 13.3. The molecule has 0 saturated heterocycles. The lowest BCUT2D eigenvalue weighted by Crippen LogP contribution is -2.30. The highest BCUT2D eigenvalue weighted by Crippen LogP contribution is 2.24. The second-order valence-corrected chi connectivity index (χ2v) is 11.3. The summed E-state index contributed by atoms with van der Waals surface area (Å²) >= 11 is -0.139. The van der Waals surface area contributed by atoms with Crippen LogP contribution in [-0.2, 0) is 13.0 Å². The number of aryl methyl sites for hydroxylation is 2. The van der Waals surface area contributed by atoms with Crippen molar-refractivity contribution in [3.8, 4) is 5.88 Å². The third-order valence-electron chi connectivity index (χ3n) is 3.49. The molecule has 0 atom stereocenters. The van der Waals surface area contributed by atoms with E-state index < -0.39 is 12.6 Å². The van der Waals surface area contributed by atoms with Gasteiger partial charge in [-0.1, -0.05) is 5.16 Å². The maximum absolute atomic E-state index is 12.4. The largest absolute Gasteiger partial charge is 0.473 e. The second kappa shape index (κ2) is 12.0. The summed E-state index contributed by atoms with van der Waals surface area (Å²) in [7, 11) is 0. The predicted molar refractivity (Wildman–Crippen MR) is 110 cm³/mol. The van der Waals surface area contributed by atoms with Crippen molar-refractivity contribution in [2.24, 2.45) is 0 Å². The van der Waals surface area contributed by atoms with E-state index in [1.54, 1.807) is 13.0 Å². The van der Waals surface area contributed by atoms with Crippen LogP contribution in [-0.4, -0.2) is 42.4 Å². The van der Waals surface area contributed by atoms with E-state index in [2.05, 4.69) is 32.8 Å². The van der Waals surface area contributed by atoms with E-state index in [0.29, 0.717) is 16.9 Å². The van der Waals surface area contributed by atoms with Gasteiger partial charge in [-0.15, -0.1) is 17.4 Å². The zero-order valence-electron chi connectivity index (χ0n) is 18.3. The first kappa shape index (κ1) is 26.0. The SMILES string of the molecule is Cc1onc(CCC(F)(F)F)c1COc1ccc(C(=O)NC(C)C)cn1.[CH3][Al]([CH3])[CH3]. The topological polar surface area (TPSA) is 77.2 Å². The van der Waals surface area contributed by atoms with Gasteiger partial charge in [0.05, 0.1) is 16.8 Å². The van der Waals surface area contributed by atoms with E-state index in [0.717, 1.165) is 0 Å². The van der Waals surface area contributed by atoms with Gasteiger partial charge in [0.15, 0.2) is 0 Å². The number of hydrogen-bond acceptors (Lipinski definition) is 5. The number of nitrogens with zero attached hydrogens (tertiary/aromatic N) is 2. The molecule has 0 aliphatic heterocycles. The zero-order chi connectivity index (χ0) is 22.9. The van der Waals surface area contributed by atoms with Crippen LogP contribution >= 0.6 is 0 Å². The molecular formula is C20H29AlF3N3O3. The number of aromatic nitrogens is 2. The van der Waals surface area contributed by atoms with Crippen LogP contribution in [0, 0.1) is 6.92 Å². The Bertz CT molecular complexity index is 788. The molecule has 1 amide bonds. The highest BCUT2D eigenvalue weighted by molar-refractivity contribution is 6.54. The summed E-state index contributed by atoms with van der Waals surface area (Å²) in [4.78, 5) is 15.9. The van der Waals surface area contributed by atoms with Crippen molar-refractivity contribution >= 4 is 20.1 Å². The predicted octanol–water partition coefficient (Wildman–Crippen LogP) is 4.96. The van der Waals surface area contributed by atoms with Crippen LogP contribution < -0.4 is 10.1 Å². The Morgan fingerprint density at radius 1 is 1.27 bits per heavy atom. The molecule has 0 unspecified atom stereocenters. The minimum atomic E-state index is -4.26. The fraction of sp³-hybridized carbons (Fsp3) is 0.550. The highest BCUT2D eigenvalue weighted by Gasteiger charge is 2.28. The minimum absolute atomic E-state index is 0.00473. The second-order valence-electron chi connectivity index (χ2n) is 7.81. The van der Waals surface area contributed by atoms with Crippen LogP contribution in [0.1, 0.15) is 47.6 Å². The number of carbonyl (C=O) groups is 1. The van der Waals surface area contributed by atoms with Crippen LogP contribution in [0.4, 0.5) is 13.2 Å². The van der Waals surface area contributed by atoms with E-state index in [1.807, 2.05) is 13.8 Å². The Morgan fingerprint density at radius 3 is 2.40 bits per heavy atom. The summed E-state index contributed by atoms with van der Waals surface area (Å²) in [6, 6.07) is 3.09. The third kappa shape index (κ3) is 10.1. The first-order chi connectivity index (χ1) is 13.9. The van der Waals surface area contributed by atoms with Crippen molar-refractivity contribution in [2.45, 2.75) is 69.8 Å². The van der Waals surface area contributed by atoms with Gasteiger partial charge in [0.1, 0.15) is 12.4 Å². The van der Waals surface area contributed by atoms with E-state index in [9.17, 15) is 18.0 Å². The van der Waals surface area contributed by atoms with Crippen molar-refractivity contribution in [1.82, 2.24) is 15.5 Å². The fourth-order valence-electron chi connectivity index (χ4n) is 2.17. The molecule has 0 fully saturated rings. The standard InChI is InChI=1S/C17H20F3N3O3.3CH3.Al/c1-10(2)22-16(24)12-4-5-15(21-8-12)25-9-13-11(3)26-23-14(13)6-7-17(18,19)20;;;;/h4-5,8,10H,6-7,9H2,1-3H3,(H,22,24);3*1H3;. The van der Waals surface area contributed by atoms with Gasteiger partial charge in [0.25, 0.3) is 20.1 Å². The zero-order valence-corrected chi connectivity index (χ0v) is 19.4. The molecule has 1 N–H and O–H groups in total. The molecule has 2 aromatic heterocycles. The Morgan fingerprint density at radius 2 is 1.90 bits per heavy atom. The summed E-state index contributed by atoms with van der Waals surface area (Å²) < 4.78 is 47.6. The maximum atomic E-state index is 12.4. The molecule has 0 saturated carbocycles. The molecule has 6 nitrogen and oxygen atoms in total. The molecule has 0 spiro atoms. The molecule has 2 aromatic rings. The number of hydrogen-bond donors (Lipinski definition) is 1. The number of nitrogens with one attached hydrogen (secondary N) is 1. The summed E-state index contributed by atoms with van der Waals surface area (Å²) in [5.41, 5.74) is 1.07. The van der Waals surface area contributed by atoms with Gasteiger partial charge in [0, 0.05) is 31.1 Å². The first-order valence-electron chi connectivity index (χ1n) is 9.79. The van der Waals surface area contributed by atoms with Crippen LogP contribution in [0.3, 0.4) is 0 Å². The number of alkyl halides is 3. The van der Waals surface area contributed by atoms with Gasteiger partial charge in [-0.2, -0.15) is 13.2 Å². The summed E-state index contributed by atoms with van der Waals surface area (Å²) in [5.74, 6) is 7.31. The Kier molecular flexibility index (Phi) is 10.4. The molecule has 0 aliphatic rings. The average molecular weight is 443 g/mol. The van der Waals surface area contributed by atoms with E-state index in [4.69, 9.17) is 9.26 Å². The van der Waals surface area contributed by atoms with Gasteiger partial charge in [-0.3, -0.25) is 4.79 Å². The van der Waals surface area contributed by atoms with Gasteiger partial charge < -0.3 is 14.6 Å². The molecule has 0 radical (unpaired) electrons. The van der Waals surface area contributed by atoms with Gasteiger partial charge in [0.2, 0.25) is 5.88 Å². The van der Waals surface area contributed by atoms with Crippen molar-refractivity contribution in [2.75, 3.05) is 0 Å². The number of amides is 1. The number of rotatable bonds is 7. The molecule has 2 heterocycles. The molecule has 166 valence electrons. The fourth-order valence-corrected chi connectivity index (χ4v) is 2.17. The normalized spacial score (nSPS) is 11.0. The van der Waals surface area contributed by atoms with E-state index in [1.165, 1.54) is 12.3 Å². The molecular weight excluding hydrogens is 414 g/mol. The lowest BCUT2D eigenvalue weighted by Gasteiger charge is -2.09. The van der Waals surface area contributed by atoms with Crippen molar-refractivity contribution in [1.29, 1.82) is 0 Å². The molecule has 0 aromatic carbocycles. The number of ether oxygens (including phenoxy) is 1. The van der Waals surface area contributed by atoms with Crippen molar-refractivity contribution < 1.29 is 27.2 Å². The van der Waals surface area contributed by atoms with Crippen LogP contribution in [0.25, 0.3) is 0 Å². The quantitative estimate of drug-likeness (QED) is 0.612. The van der Waals surface area contributed by atoms with Crippen LogP contribution in [0.5, 0.6) is 5.88 Å². The summed E-state index contributed by atoms with van der Waals surface area (Å²) in [6.07, 6.45) is -4.15. The molecule has 0 bridgehead atoms.